The maximum absolute atomic E-state index is 12.9. The Balaban J connectivity index is 1.32. The van der Waals surface area contributed by atoms with Gasteiger partial charge in [0.1, 0.15) is 17.7 Å². The van der Waals surface area contributed by atoms with Gasteiger partial charge in [-0.1, -0.05) is 11.3 Å². The molecular weight excluding hydrogens is 385 g/mol. The van der Waals surface area contributed by atoms with Crippen LogP contribution in [0.25, 0.3) is 0 Å². The van der Waals surface area contributed by atoms with Crippen LogP contribution in [-0.2, 0) is 27.3 Å². The van der Waals surface area contributed by atoms with Crippen LogP contribution in [0.3, 0.4) is 0 Å². The second-order valence-electron chi connectivity index (χ2n) is 6.69. The number of nitrogens with zero attached hydrogens (tertiary/aromatic N) is 2. The second kappa shape index (κ2) is 8.24. The van der Waals surface area contributed by atoms with Crippen molar-refractivity contribution in [1.82, 2.24) is 9.88 Å². The van der Waals surface area contributed by atoms with E-state index >= 15 is 0 Å². The topological polar surface area (TPSA) is 80.8 Å². The number of carbonyl (C=O) groups excluding carboxylic acids is 2. The summed E-state index contributed by atoms with van der Waals surface area (Å²) in [6, 6.07) is 5.56. The first-order valence-corrected chi connectivity index (χ1v) is 9.97. The number of halogens is 1. The molecule has 1 N–H and O–H groups in total. The molecule has 2 aliphatic heterocycles. The van der Waals surface area contributed by atoms with Crippen LogP contribution in [0.1, 0.15) is 23.4 Å². The van der Waals surface area contributed by atoms with E-state index in [1.807, 2.05) is 0 Å². The molecule has 2 aromatic rings. The summed E-state index contributed by atoms with van der Waals surface area (Å²) in [5, 5.41) is 3.36. The van der Waals surface area contributed by atoms with Crippen LogP contribution in [0.2, 0.25) is 0 Å². The van der Waals surface area contributed by atoms with Crippen molar-refractivity contribution in [3.63, 3.8) is 0 Å². The Bertz CT molecular complexity index is 865. The lowest BCUT2D eigenvalue weighted by molar-refractivity contribution is -0.134. The minimum absolute atomic E-state index is 0.109. The van der Waals surface area contributed by atoms with E-state index in [0.717, 1.165) is 23.4 Å². The first-order chi connectivity index (χ1) is 13.6. The molecular formula is C19H20FN3O4S. The molecule has 0 bridgehead atoms. The number of hydrogen-bond acceptors (Lipinski definition) is 6. The van der Waals surface area contributed by atoms with E-state index in [4.69, 9.17) is 9.47 Å². The molecule has 0 spiro atoms. The molecule has 1 aromatic carbocycles. The van der Waals surface area contributed by atoms with Gasteiger partial charge in [0.05, 0.1) is 12.2 Å². The number of rotatable bonds is 5. The van der Waals surface area contributed by atoms with Crippen molar-refractivity contribution in [2.45, 2.75) is 31.9 Å². The van der Waals surface area contributed by atoms with Gasteiger partial charge >= 0.3 is 0 Å². The highest BCUT2D eigenvalue weighted by Crippen LogP contribution is 2.29. The van der Waals surface area contributed by atoms with Gasteiger partial charge in [0, 0.05) is 24.4 Å². The zero-order valence-electron chi connectivity index (χ0n) is 15.2. The van der Waals surface area contributed by atoms with Gasteiger partial charge in [-0.05, 0) is 37.1 Å². The van der Waals surface area contributed by atoms with Crippen molar-refractivity contribution in [3.8, 4) is 5.75 Å². The maximum atomic E-state index is 12.9. The Morgan fingerprint density at radius 3 is 2.93 bits per heavy atom. The number of benzene rings is 1. The number of fused-ring (bicyclic) bond motifs is 1. The zero-order chi connectivity index (χ0) is 19.5. The molecule has 0 aliphatic carbocycles. The molecule has 0 radical (unpaired) electrons. The van der Waals surface area contributed by atoms with Crippen molar-refractivity contribution in [2.75, 3.05) is 25.1 Å². The van der Waals surface area contributed by atoms with Crippen LogP contribution in [0.15, 0.2) is 24.3 Å². The zero-order valence-corrected chi connectivity index (χ0v) is 16.0. The number of carbonyl (C=O) groups is 2. The van der Waals surface area contributed by atoms with Gasteiger partial charge in [0.2, 0.25) is 0 Å². The average Bonchev–Trinajstić information content (AvgIpc) is 3.36. The molecule has 3 heterocycles. The first kappa shape index (κ1) is 18.8. The highest BCUT2D eigenvalue weighted by molar-refractivity contribution is 7.15. The third-order valence-electron chi connectivity index (χ3n) is 4.71. The molecule has 0 saturated carbocycles. The van der Waals surface area contributed by atoms with Gasteiger partial charge in [-0.25, -0.2) is 9.37 Å². The van der Waals surface area contributed by atoms with E-state index in [2.05, 4.69) is 10.3 Å². The number of hydrogen-bond donors (Lipinski definition) is 1. The minimum atomic E-state index is -0.400. The third-order valence-corrected chi connectivity index (χ3v) is 5.71. The maximum Gasteiger partial charge on any atom is 0.260 e. The fourth-order valence-electron chi connectivity index (χ4n) is 3.20. The van der Waals surface area contributed by atoms with Gasteiger partial charge < -0.3 is 14.4 Å². The summed E-state index contributed by atoms with van der Waals surface area (Å²) >= 11 is 1.38. The smallest absolute Gasteiger partial charge is 0.260 e. The molecule has 4 rings (SSSR count). The van der Waals surface area contributed by atoms with Crippen molar-refractivity contribution < 1.29 is 23.5 Å². The summed E-state index contributed by atoms with van der Waals surface area (Å²) < 4.78 is 23.7. The molecule has 9 heteroatoms. The lowest BCUT2D eigenvalue weighted by atomic mass is 10.2. The molecule has 148 valence electrons. The third kappa shape index (κ3) is 4.31. The Morgan fingerprint density at radius 1 is 1.36 bits per heavy atom. The van der Waals surface area contributed by atoms with Crippen molar-refractivity contribution in [3.05, 3.63) is 40.7 Å². The molecule has 2 aliphatic rings. The van der Waals surface area contributed by atoms with Crippen LogP contribution in [0, 0.1) is 5.82 Å². The van der Waals surface area contributed by atoms with Gasteiger partial charge in [0.25, 0.3) is 11.8 Å². The SMILES string of the molecule is O=C(Nc1nc2c(s1)CN(C(=O)COc1ccc(F)cc1)CC2)C1CCCO1. The van der Waals surface area contributed by atoms with Crippen molar-refractivity contribution >= 4 is 28.3 Å². The van der Waals surface area contributed by atoms with E-state index in [9.17, 15) is 14.0 Å². The minimum Gasteiger partial charge on any atom is -0.484 e. The molecule has 1 fully saturated rings. The normalized spacial score (nSPS) is 18.6. The van der Waals surface area contributed by atoms with E-state index in [1.54, 1.807) is 4.90 Å². The number of ether oxygens (including phenoxy) is 2. The van der Waals surface area contributed by atoms with Crippen LogP contribution >= 0.6 is 11.3 Å². The monoisotopic (exact) mass is 405 g/mol. The van der Waals surface area contributed by atoms with Crippen molar-refractivity contribution in [2.24, 2.45) is 0 Å². The molecule has 1 saturated heterocycles. The first-order valence-electron chi connectivity index (χ1n) is 9.15. The highest BCUT2D eigenvalue weighted by Gasteiger charge is 2.27. The van der Waals surface area contributed by atoms with Crippen LogP contribution < -0.4 is 10.1 Å². The summed E-state index contributed by atoms with van der Waals surface area (Å²) in [5.41, 5.74) is 0.913. The van der Waals surface area contributed by atoms with E-state index in [-0.39, 0.29) is 24.2 Å². The van der Waals surface area contributed by atoms with E-state index in [1.165, 1.54) is 35.6 Å². The summed E-state index contributed by atoms with van der Waals surface area (Å²) in [5.74, 6) is -0.211. The molecule has 2 amide bonds. The quantitative estimate of drug-likeness (QED) is 0.826. The van der Waals surface area contributed by atoms with Gasteiger partial charge in [-0.15, -0.1) is 0 Å². The molecule has 1 atom stereocenters. The molecule has 1 aromatic heterocycles. The Morgan fingerprint density at radius 2 is 2.18 bits per heavy atom. The second-order valence-corrected chi connectivity index (χ2v) is 7.77. The Hall–Kier alpha value is -2.52. The standard InChI is InChI=1S/C19H20FN3O4S/c20-12-3-5-13(6-4-12)27-11-17(24)23-8-7-14-16(10-23)28-19(21-14)22-18(25)15-2-1-9-26-15/h3-6,15H,1-2,7-11H2,(H,21,22,25). The lowest BCUT2D eigenvalue weighted by Gasteiger charge is -2.26. The predicted molar refractivity (Wildman–Crippen MR) is 101 cm³/mol. The van der Waals surface area contributed by atoms with E-state index in [0.29, 0.717) is 37.0 Å². The summed E-state index contributed by atoms with van der Waals surface area (Å²) in [4.78, 5) is 31.7. The van der Waals surface area contributed by atoms with Crippen LogP contribution in [0.4, 0.5) is 9.52 Å². The Labute approximate surface area is 165 Å². The van der Waals surface area contributed by atoms with Gasteiger partial charge in [-0.3, -0.25) is 14.9 Å². The number of anilines is 1. The number of nitrogens with one attached hydrogen (secondary N) is 1. The highest BCUT2D eigenvalue weighted by atomic mass is 32.1. The van der Waals surface area contributed by atoms with Crippen LogP contribution in [-0.4, -0.2) is 47.6 Å². The molecule has 7 nitrogen and oxygen atoms in total. The van der Waals surface area contributed by atoms with Crippen LogP contribution in [0.5, 0.6) is 5.75 Å². The predicted octanol–water partition coefficient (Wildman–Crippen LogP) is 2.36. The fraction of sp³-hybridized carbons (Fsp3) is 0.421. The van der Waals surface area contributed by atoms with Gasteiger partial charge in [-0.2, -0.15) is 0 Å². The fourth-order valence-corrected chi connectivity index (χ4v) is 4.23. The number of thiazole rings is 1. The largest absolute Gasteiger partial charge is 0.484 e. The van der Waals surface area contributed by atoms with E-state index < -0.39 is 6.10 Å². The van der Waals surface area contributed by atoms with Crippen molar-refractivity contribution in [1.29, 1.82) is 0 Å². The summed E-state index contributed by atoms with van der Waals surface area (Å²) in [7, 11) is 0. The molecule has 28 heavy (non-hydrogen) atoms. The average molecular weight is 405 g/mol. The number of aromatic nitrogens is 1. The number of amides is 2. The summed E-state index contributed by atoms with van der Waals surface area (Å²) in [6.07, 6.45) is 1.85. The molecule has 1 unspecified atom stereocenters. The lowest BCUT2D eigenvalue weighted by Crippen LogP contribution is -2.38. The summed E-state index contributed by atoms with van der Waals surface area (Å²) in [6.45, 7) is 1.49. The van der Waals surface area contributed by atoms with Gasteiger partial charge in [0.15, 0.2) is 11.7 Å². The Kier molecular flexibility index (Phi) is 5.54.